The lowest BCUT2D eigenvalue weighted by molar-refractivity contribution is 0.466. The van der Waals surface area contributed by atoms with E-state index in [0.717, 1.165) is 12.2 Å². The van der Waals surface area contributed by atoms with Crippen LogP contribution in [0.25, 0.3) is 0 Å². The van der Waals surface area contributed by atoms with E-state index < -0.39 is 5.82 Å². The Morgan fingerprint density at radius 2 is 2.32 bits per heavy atom. The molecule has 0 aliphatic carbocycles. The molecule has 6 heteroatoms. The maximum Gasteiger partial charge on any atom is 0.213 e. The molecule has 1 aromatic heterocycles. The van der Waals surface area contributed by atoms with Crippen molar-refractivity contribution in [3.8, 4) is 0 Å². The molecule has 100 valence electrons. The third kappa shape index (κ3) is 3.08. The second-order valence-electron chi connectivity index (χ2n) is 3.95. The average Bonchev–Trinajstić information content (AvgIpc) is 2.83. The highest BCUT2D eigenvalue weighted by atomic mass is 32.1. The lowest BCUT2D eigenvalue weighted by Gasteiger charge is -2.10. The number of anilines is 1. The van der Waals surface area contributed by atoms with Crippen molar-refractivity contribution in [2.45, 2.75) is 19.9 Å². The Kier molecular flexibility index (Phi) is 4.11. The monoisotopic (exact) mass is 279 g/mol. The summed E-state index contributed by atoms with van der Waals surface area (Å²) in [7, 11) is 0. The Bertz CT molecular complexity index is 597. The summed E-state index contributed by atoms with van der Waals surface area (Å²) in [5.41, 5.74) is 6.26. The molecule has 3 N–H and O–H groups in total. The molecule has 0 bridgehead atoms. The highest BCUT2D eigenvalue weighted by molar-refractivity contribution is 7.80. The number of nitrogens with one attached hydrogen (secondary N) is 1. The van der Waals surface area contributed by atoms with Crippen LogP contribution in [0.3, 0.4) is 0 Å². The van der Waals surface area contributed by atoms with Gasteiger partial charge in [-0.2, -0.15) is 0 Å². The van der Waals surface area contributed by atoms with Gasteiger partial charge in [-0.25, -0.2) is 9.37 Å². The summed E-state index contributed by atoms with van der Waals surface area (Å²) in [6, 6.07) is 4.62. The van der Waals surface area contributed by atoms with Gasteiger partial charge in [-0.15, -0.1) is 0 Å². The van der Waals surface area contributed by atoms with Crippen molar-refractivity contribution in [1.29, 1.82) is 0 Å². The summed E-state index contributed by atoms with van der Waals surface area (Å²) in [6.45, 7) is 2.33. The largest absolute Gasteiger partial charge is 0.444 e. The molecule has 1 aromatic carbocycles. The van der Waals surface area contributed by atoms with Crippen LogP contribution in [-0.2, 0) is 13.0 Å². The quantitative estimate of drug-likeness (QED) is 0.824. The first kappa shape index (κ1) is 13.5. The first-order chi connectivity index (χ1) is 9.11. The van der Waals surface area contributed by atoms with Gasteiger partial charge in [-0.1, -0.05) is 25.2 Å². The van der Waals surface area contributed by atoms with Gasteiger partial charge in [0.15, 0.2) is 0 Å². The molecule has 4 nitrogen and oxygen atoms in total. The van der Waals surface area contributed by atoms with Crippen LogP contribution in [0, 0.1) is 5.82 Å². The Morgan fingerprint density at radius 1 is 1.53 bits per heavy atom. The van der Waals surface area contributed by atoms with E-state index in [0.29, 0.717) is 18.1 Å². The van der Waals surface area contributed by atoms with E-state index in [9.17, 15) is 4.39 Å². The first-order valence-corrected chi connectivity index (χ1v) is 6.28. The smallest absolute Gasteiger partial charge is 0.213 e. The van der Waals surface area contributed by atoms with Crippen LogP contribution >= 0.6 is 12.2 Å². The highest BCUT2D eigenvalue weighted by Gasteiger charge is 2.11. The van der Waals surface area contributed by atoms with Gasteiger partial charge in [0.25, 0.3) is 0 Å². The molecule has 0 radical (unpaired) electrons. The van der Waals surface area contributed by atoms with E-state index in [2.05, 4.69) is 10.3 Å². The van der Waals surface area contributed by atoms with Crippen LogP contribution < -0.4 is 11.1 Å². The third-order valence-electron chi connectivity index (χ3n) is 2.64. The van der Waals surface area contributed by atoms with Gasteiger partial charge in [-0.05, 0) is 12.1 Å². The van der Waals surface area contributed by atoms with E-state index in [-0.39, 0.29) is 10.6 Å². The van der Waals surface area contributed by atoms with Crippen LogP contribution in [0.4, 0.5) is 10.1 Å². The van der Waals surface area contributed by atoms with Crippen molar-refractivity contribution in [2.24, 2.45) is 5.73 Å². The SMILES string of the molecule is CCc1cnc(CNc2cccc(F)c2C(N)=S)o1. The predicted molar refractivity (Wildman–Crippen MR) is 75.5 cm³/mol. The highest BCUT2D eigenvalue weighted by Crippen LogP contribution is 2.19. The number of rotatable bonds is 5. The van der Waals surface area contributed by atoms with Crippen molar-refractivity contribution >= 4 is 22.9 Å². The van der Waals surface area contributed by atoms with Gasteiger partial charge < -0.3 is 15.5 Å². The van der Waals surface area contributed by atoms with E-state index in [1.54, 1.807) is 18.3 Å². The number of hydrogen-bond acceptors (Lipinski definition) is 4. The van der Waals surface area contributed by atoms with Crippen LogP contribution in [-0.4, -0.2) is 9.97 Å². The minimum Gasteiger partial charge on any atom is -0.444 e. The molecule has 19 heavy (non-hydrogen) atoms. The zero-order valence-corrected chi connectivity index (χ0v) is 11.3. The second-order valence-corrected chi connectivity index (χ2v) is 4.39. The fourth-order valence-corrected chi connectivity index (χ4v) is 1.89. The van der Waals surface area contributed by atoms with Gasteiger partial charge >= 0.3 is 0 Å². The summed E-state index contributed by atoms with van der Waals surface area (Å²) in [4.78, 5) is 4.13. The minimum absolute atomic E-state index is 0.0160. The van der Waals surface area contributed by atoms with Gasteiger partial charge in [0, 0.05) is 12.1 Å². The Balaban J connectivity index is 2.15. The minimum atomic E-state index is -0.445. The number of aryl methyl sites for hydroxylation is 1. The second kappa shape index (κ2) is 5.79. The molecular formula is C13H14FN3OS. The number of nitrogens with two attached hydrogens (primary N) is 1. The van der Waals surface area contributed by atoms with E-state index >= 15 is 0 Å². The summed E-state index contributed by atoms with van der Waals surface area (Å²) >= 11 is 4.85. The Labute approximate surface area is 115 Å². The number of oxazole rings is 1. The number of aromatic nitrogens is 1. The zero-order valence-electron chi connectivity index (χ0n) is 10.4. The number of halogens is 1. The maximum absolute atomic E-state index is 13.6. The van der Waals surface area contributed by atoms with Crippen LogP contribution in [0.1, 0.15) is 24.1 Å². The molecule has 0 fully saturated rings. The molecule has 0 saturated heterocycles. The molecular weight excluding hydrogens is 265 g/mol. The summed E-state index contributed by atoms with van der Waals surface area (Å²) in [5.74, 6) is 0.903. The topological polar surface area (TPSA) is 64.1 Å². The van der Waals surface area contributed by atoms with Crippen molar-refractivity contribution in [3.63, 3.8) is 0 Å². The molecule has 2 aromatic rings. The Hall–Kier alpha value is -1.95. The predicted octanol–water partition coefficient (Wildman–Crippen LogP) is 2.62. The number of thiocarbonyl (C=S) groups is 1. The van der Waals surface area contributed by atoms with E-state index in [1.807, 2.05) is 6.92 Å². The van der Waals surface area contributed by atoms with Crippen molar-refractivity contribution in [3.05, 3.63) is 47.4 Å². The first-order valence-electron chi connectivity index (χ1n) is 5.87. The van der Waals surface area contributed by atoms with Gasteiger partial charge in [-0.3, -0.25) is 0 Å². The zero-order chi connectivity index (χ0) is 13.8. The van der Waals surface area contributed by atoms with E-state index in [4.69, 9.17) is 22.4 Å². The molecule has 0 atom stereocenters. The number of nitrogens with zero attached hydrogens (tertiary/aromatic N) is 1. The van der Waals surface area contributed by atoms with Crippen LogP contribution in [0.2, 0.25) is 0 Å². The lowest BCUT2D eigenvalue weighted by atomic mass is 10.1. The molecule has 0 saturated carbocycles. The summed E-state index contributed by atoms with van der Waals surface area (Å²) < 4.78 is 19.1. The van der Waals surface area contributed by atoms with Crippen LogP contribution in [0.5, 0.6) is 0 Å². The van der Waals surface area contributed by atoms with Gasteiger partial charge in [0.2, 0.25) is 5.89 Å². The lowest BCUT2D eigenvalue weighted by Crippen LogP contribution is -2.15. The van der Waals surface area contributed by atoms with Crippen LogP contribution in [0.15, 0.2) is 28.8 Å². The standard InChI is InChI=1S/C13H14FN3OS/c1-2-8-6-17-11(18-8)7-16-10-5-3-4-9(14)12(10)13(15)19/h3-6,16H,2,7H2,1H3,(H2,15,19). The summed E-state index contributed by atoms with van der Waals surface area (Å²) in [5, 5.41) is 3.03. The van der Waals surface area contributed by atoms with E-state index in [1.165, 1.54) is 6.07 Å². The van der Waals surface area contributed by atoms with Crippen molar-refractivity contribution in [1.82, 2.24) is 4.98 Å². The fourth-order valence-electron chi connectivity index (χ4n) is 1.69. The molecule has 0 aliphatic rings. The fraction of sp³-hybridized carbons (Fsp3) is 0.231. The Morgan fingerprint density at radius 3 is 2.95 bits per heavy atom. The molecule has 0 amide bonds. The maximum atomic E-state index is 13.6. The normalized spacial score (nSPS) is 10.4. The van der Waals surface area contributed by atoms with Gasteiger partial charge in [0.05, 0.1) is 18.3 Å². The molecule has 2 rings (SSSR count). The molecule has 1 heterocycles. The van der Waals surface area contributed by atoms with Crippen molar-refractivity contribution in [2.75, 3.05) is 5.32 Å². The molecule has 0 aliphatic heterocycles. The van der Waals surface area contributed by atoms with Crippen molar-refractivity contribution < 1.29 is 8.81 Å². The molecule has 0 unspecified atom stereocenters. The number of hydrogen-bond donors (Lipinski definition) is 2. The number of benzene rings is 1. The molecule has 0 spiro atoms. The third-order valence-corrected chi connectivity index (χ3v) is 2.84. The van der Waals surface area contributed by atoms with Gasteiger partial charge in [0.1, 0.15) is 16.6 Å². The average molecular weight is 279 g/mol. The summed E-state index contributed by atoms with van der Waals surface area (Å²) in [6.07, 6.45) is 2.46.